The molecule has 7 heteroatoms. The molecule has 1 aliphatic heterocycles. The van der Waals surface area contributed by atoms with Gasteiger partial charge < -0.3 is 15.2 Å². The monoisotopic (exact) mass is 355 g/mol. The van der Waals surface area contributed by atoms with Crippen molar-refractivity contribution in [2.45, 2.75) is 32.6 Å². The number of carbonyl (C=O) groups is 1. The van der Waals surface area contributed by atoms with Crippen LogP contribution in [-0.2, 0) is 4.79 Å². The van der Waals surface area contributed by atoms with E-state index in [0.29, 0.717) is 41.1 Å². The molecule has 0 spiro atoms. The van der Waals surface area contributed by atoms with E-state index < -0.39 is 5.92 Å². The molecule has 0 amide bonds. The van der Waals surface area contributed by atoms with E-state index in [0.717, 1.165) is 5.70 Å². The van der Waals surface area contributed by atoms with E-state index in [1.807, 2.05) is 0 Å². The summed E-state index contributed by atoms with van der Waals surface area (Å²) in [5, 5.41) is 18.9. The van der Waals surface area contributed by atoms with Crippen LogP contribution in [-0.4, -0.2) is 28.2 Å². The average Bonchev–Trinajstić information content (AvgIpc) is 2.92. The number of Topliss-reactive ketones (excluding diaryl/α,β-unsaturated/α-hetero) is 1. The highest BCUT2D eigenvalue weighted by Crippen LogP contribution is 2.48. The van der Waals surface area contributed by atoms with Crippen molar-refractivity contribution in [3.63, 3.8) is 0 Å². The molecular weight excluding hydrogens is 334 g/mol. The van der Waals surface area contributed by atoms with Crippen molar-refractivity contribution in [3.05, 3.63) is 50.9 Å². The molecule has 1 aliphatic carbocycles. The van der Waals surface area contributed by atoms with E-state index in [9.17, 15) is 14.7 Å². The van der Waals surface area contributed by atoms with Crippen LogP contribution in [0.3, 0.4) is 0 Å². The number of phenolic OH excluding ortho intramolecular Hbond substituents is 1. The number of H-pyrrole nitrogens is 2. The molecule has 0 bridgehead atoms. The second-order valence-electron chi connectivity index (χ2n) is 7.69. The highest BCUT2D eigenvalue weighted by atomic mass is 16.5. The van der Waals surface area contributed by atoms with Crippen molar-refractivity contribution in [2.75, 3.05) is 12.4 Å². The van der Waals surface area contributed by atoms with E-state index in [1.54, 1.807) is 18.2 Å². The molecule has 1 aromatic heterocycles. The number of fused-ring (bicyclic) bond motifs is 1. The molecule has 4 rings (SSSR count). The first-order valence-corrected chi connectivity index (χ1v) is 8.51. The number of phenols is 1. The van der Waals surface area contributed by atoms with Crippen LogP contribution in [0.4, 0.5) is 5.82 Å². The lowest BCUT2D eigenvalue weighted by Crippen LogP contribution is -2.34. The lowest BCUT2D eigenvalue weighted by Gasteiger charge is -2.37. The third kappa shape index (κ3) is 2.42. The summed E-state index contributed by atoms with van der Waals surface area (Å²) >= 11 is 0. The molecule has 1 atom stereocenters. The third-order valence-electron chi connectivity index (χ3n) is 5.12. The molecule has 2 aliphatic rings. The van der Waals surface area contributed by atoms with Gasteiger partial charge in [0, 0.05) is 23.6 Å². The maximum atomic E-state index is 13.0. The molecule has 2 heterocycles. The Labute approximate surface area is 150 Å². The predicted molar refractivity (Wildman–Crippen MR) is 96.6 cm³/mol. The van der Waals surface area contributed by atoms with Gasteiger partial charge in [0.05, 0.1) is 12.7 Å². The molecule has 0 fully saturated rings. The zero-order chi connectivity index (χ0) is 18.6. The van der Waals surface area contributed by atoms with Crippen molar-refractivity contribution in [1.82, 2.24) is 10.2 Å². The smallest absolute Gasteiger partial charge is 0.270 e. The Morgan fingerprint density at radius 2 is 1.96 bits per heavy atom. The van der Waals surface area contributed by atoms with Gasteiger partial charge in [-0.05, 0) is 29.5 Å². The van der Waals surface area contributed by atoms with Gasteiger partial charge in [-0.15, -0.1) is 0 Å². The molecule has 7 nitrogen and oxygen atoms in total. The zero-order valence-electron chi connectivity index (χ0n) is 14.9. The van der Waals surface area contributed by atoms with Gasteiger partial charge in [0.15, 0.2) is 17.3 Å². The molecule has 0 saturated carbocycles. The number of anilines is 1. The maximum Gasteiger partial charge on any atom is 0.270 e. The van der Waals surface area contributed by atoms with Gasteiger partial charge in [0.2, 0.25) is 0 Å². The molecule has 0 saturated heterocycles. The van der Waals surface area contributed by atoms with Crippen LogP contribution in [0.1, 0.15) is 43.7 Å². The highest BCUT2D eigenvalue weighted by molar-refractivity contribution is 6.01. The summed E-state index contributed by atoms with van der Waals surface area (Å²) in [6, 6.07) is 4.98. The number of hydrogen-bond acceptors (Lipinski definition) is 5. The Morgan fingerprint density at radius 1 is 1.19 bits per heavy atom. The van der Waals surface area contributed by atoms with E-state index >= 15 is 0 Å². The lowest BCUT2D eigenvalue weighted by molar-refractivity contribution is -0.118. The first-order valence-electron chi connectivity index (χ1n) is 8.51. The van der Waals surface area contributed by atoms with Gasteiger partial charge in [-0.2, -0.15) is 0 Å². The van der Waals surface area contributed by atoms with Crippen molar-refractivity contribution in [1.29, 1.82) is 0 Å². The number of benzene rings is 1. The number of hydrogen-bond donors (Lipinski definition) is 4. The van der Waals surface area contributed by atoms with Crippen molar-refractivity contribution < 1.29 is 14.6 Å². The predicted octanol–water partition coefficient (Wildman–Crippen LogP) is 2.62. The molecule has 0 radical (unpaired) electrons. The van der Waals surface area contributed by atoms with E-state index in [2.05, 4.69) is 29.4 Å². The van der Waals surface area contributed by atoms with Crippen LogP contribution >= 0.6 is 0 Å². The molecule has 136 valence electrons. The zero-order valence-corrected chi connectivity index (χ0v) is 14.9. The molecule has 0 unspecified atom stereocenters. The van der Waals surface area contributed by atoms with Crippen molar-refractivity contribution in [3.8, 4) is 11.5 Å². The number of nitrogens with one attached hydrogen (secondary N) is 3. The summed E-state index contributed by atoms with van der Waals surface area (Å²) in [5.74, 6) is 0.380. The quantitative estimate of drug-likeness (QED) is 0.662. The van der Waals surface area contributed by atoms with Gasteiger partial charge >= 0.3 is 0 Å². The minimum atomic E-state index is -0.531. The number of carbonyl (C=O) groups excluding carboxylic acids is 1. The summed E-state index contributed by atoms with van der Waals surface area (Å²) in [6.45, 7) is 4.11. The molecule has 1 aromatic carbocycles. The summed E-state index contributed by atoms with van der Waals surface area (Å²) in [4.78, 5) is 25.4. The summed E-state index contributed by atoms with van der Waals surface area (Å²) in [6.07, 6.45) is 1.13. The number of ketones is 1. The Balaban J connectivity index is 1.93. The van der Waals surface area contributed by atoms with Crippen LogP contribution in [0.5, 0.6) is 11.5 Å². The fourth-order valence-corrected chi connectivity index (χ4v) is 4.04. The number of aromatic nitrogens is 2. The number of rotatable bonds is 2. The number of aromatic hydroxyl groups is 1. The molecule has 26 heavy (non-hydrogen) atoms. The van der Waals surface area contributed by atoms with Crippen LogP contribution in [0.15, 0.2) is 34.3 Å². The molecular formula is C19H21N3O4. The fourth-order valence-electron chi connectivity index (χ4n) is 4.04. The van der Waals surface area contributed by atoms with Gasteiger partial charge in [0.1, 0.15) is 5.82 Å². The first-order chi connectivity index (χ1) is 12.3. The van der Waals surface area contributed by atoms with Gasteiger partial charge in [0.25, 0.3) is 5.56 Å². The van der Waals surface area contributed by atoms with E-state index in [4.69, 9.17) is 4.74 Å². The second kappa shape index (κ2) is 5.52. The van der Waals surface area contributed by atoms with Gasteiger partial charge in [-0.25, -0.2) is 0 Å². The number of methoxy groups -OCH3 is 1. The second-order valence-corrected chi connectivity index (χ2v) is 7.69. The molecule has 2 aromatic rings. The Morgan fingerprint density at radius 3 is 2.65 bits per heavy atom. The standard InChI is InChI=1S/C19H21N3O4/c1-19(2)7-10-15(12(24)8-19)14(16-17(20-10)21-22-18(16)25)9-4-5-13(26-3)11(23)6-9/h4-6,14,23H,7-8H2,1-3H3,(H3,20,21,22,25)/t14-/m1/s1. The normalized spacial score (nSPS) is 21.0. The Bertz CT molecular complexity index is 996. The number of allylic oxidation sites excluding steroid dienone is 2. The van der Waals surface area contributed by atoms with Crippen LogP contribution < -0.4 is 15.6 Å². The topological polar surface area (TPSA) is 107 Å². The summed E-state index contributed by atoms with van der Waals surface area (Å²) in [7, 11) is 1.47. The average molecular weight is 355 g/mol. The Kier molecular flexibility index (Phi) is 3.50. The number of aromatic amines is 2. The van der Waals surface area contributed by atoms with Gasteiger partial charge in [-0.1, -0.05) is 19.9 Å². The first kappa shape index (κ1) is 16.5. The molecule has 4 N–H and O–H groups in total. The summed E-state index contributed by atoms with van der Waals surface area (Å²) < 4.78 is 5.11. The van der Waals surface area contributed by atoms with Crippen LogP contribution in [0.25, 0.3) is 0 Å². The largest absolute Gasteiger partial charge is 0.504 e. The maximum absolute atomic E-state index is 13.0. The fraction of sp³-hybridized carbons (Fsp3) is 0.368. The van der Waals surface area contributed by atoms with Crippen molar-refractivity contribution in [2.24, 2.45) is 5.41 Å². The third-order valence-corrected chi connectivity index (χ3v) is 5.12. The lowest BCUT2D eigenvalue weighted by atomic mass is 9.69. The van der Waals surface area contributed by atoms with E-state index in [1.165, 1.54) is 7.11 Å². The highest BCUT2D eigenvalue weighted by Gasteiger charge is 2.42. The SMILES string of the molecule is COc1ccc([C@@H]2C3=C(CC(C)(C)CC3=O)Nc3[nH][nH]c(=O)c32)cc1O. The summed E-state index contributed by atoms with van der Waals surface area (Å²) in [5.41, 5.74) is 2.14. The van der Waals surface area contributed by atoms with Crippen molar-refractivity contribution >= 4 is 11.6 Å². The van der Waals surface area contributed by atoms with Gasteiger partial charge in [-0.3, -0.25) is 19.8 Å². The minimum absolute atomic E-state index is 0.0234. The minimum Gasteiger partial charge on any atom is -0.504 e. The van der Waals surface area contributed by atoms with Crippen LogP contribution in [0.2, 0.25) is 0 Å². The van der Waals surface area contributed by atoms with E-state index in [-0.39, 0.29) is 22.5 Å². The van der Waals surface area contributed by atoms with Crippen LogP contribution in [0, 0.1) is 5.41 Å². The Hall–Kier alpha value is -2.96. The number of ether oxygens (including phenoxy) is 1.